The minimum Gasteiger partial charge on any atom is -0.368 e. The van der Waals surface area contributed by atoms with Crippen molar-refractivity contribution in [1.82, 2.24) is 19.9 Å². The second kappa shape index (κ2) is 4.94. The highest BCUT2D eigenvalue weighted by atomic mass is 15.2. The first kappa shape index (κ1) is 11.5. The summed E-state index contributed by atoms with van der Waals surface area (Å²) in [6, 6.07) is 2.73. The molecule has 0 amide bonds. The predicted molar refractivity (Wildman–Crippen MR) is 71.9 cm³/mol. The number of fused-ring (bicyclic) bond motifs is 1. The van der Waals surface area contributed by atoms with Crippen molar-refractivity contribution in [1.29, 1.82) is 0 Å². The van der Waals surface area contributed by atoms with Gasteiger partial charge in [-0.25, -0.2) is 9.50 Å². The largest absolute Gasteiger partial charge is 0.368 e. The van der Waals surface area contributed by atoms with E-state index in [0.29, 0.717) is 6.04 Å². The molecule has 0 spiro atoms. The number of anilines is 1. The highest BCUT2D eigenvalue weighted by molar-refractivity contribution is 5.67. The summed E-state index contributed by atoms with van der Waals surface area (Å²) in [4.78, 5) is 4.39. The van der Waals surface area contributed by atoms with E-state index < -0.39 is 0 Å². The SMILES string of the molecule is Cc1cc2c(NCCC3CCCN3)nccn2n1. The van der Waals surface area contributed by atoms with Crippen molar-refractivity contribution in [3.05, 3.63) is 24.2 Å². The first-order valence-electron chi connectivity index (χ1n) is 6.61. The van der Waals surface area contributed by atoms with Gasteiger partial charge in [-0.15, -0.1) is 0 Å². The molecule has 5 heteroatoms. The minimum atomic E-state index is 0.670. The van der Waals surface area contributed by atoms with Gasteiger partial charge in [-0.05, 0) is 38.8 Å². The van der Waals surface area contributed by atoms with Crippen molar-refractivity contribution >= 4 is 11.3 Å². The standard InChI is InChI=1S/C13H19N5/c1-10-9-12-13(16-7-8-18(12)17-10)15-6-4-11-3-2-5-14-11/h7-9,11,14H,2-6H2,1H3,(H,15,16). The van der Waals surface area contributed by atoms with Gasteiger partial charge >= 0.3 is 0 Å². The van der Waals surface area contributed by atoms with Crippen LogP contribution in [0.25, 0.3) is 5.52 Å². The Morgan fingerprint density at radius 1 is 1.56 bits per heavy atom. The van der Waals surface area contributed by atoms with E-state index >= 15 is 0 Å². The number of nitrogens with one attached hydrogen (secondary N) is 2. The zero-order valence-corrected chi connectivity index (χ0v) is 10.7. The second-order valence-electron chi connectivity index (χ2n) is 4.90. The van der Waals surface area contributed by atoms with Crippen molar-refractivity contribution in [2.75, 3.05) is 18.4 Å². The Morgan fingerprint density at radius 2 is 2.50 bits per heavy atom. The third kappa shape index (κ3) is 2.31. The first-order chi connectivity index (χ1) is 8.83. The van der Waals surface area contributed by atoms with Crippen molar-refractivity contribution in [2.24, 2.45) is 0 Å². The average Bonchev–Trinajstić information content (AvgIpc) is 2.97. The Bertz CT molecular complexity index is 527. The van der Waals surface area contributed by atoms with Gasteiger partial charge in [0.15, 0.2) is 5.82 Å². The molecule has 1 saturated heterocycles. The third-order valence-corrected chi connectivity index (χ3v) is 3.46. The molecule has 1 aliphatic rings. The summed E-state index contributed by atoms with van der Waals surface area (Å²) in [6.45, 7) is 4.12. The van der Waals surface area contributed by atoms with Crippen LogP contribution in [-0.4, -0.2) is 33.7 Å². The molecule has 0 bridgehead atoms. The van der Waals surface area contributed by atoms with Gasteiger partial charge in [0, 0.05) is 25.0 Å². The number of aromatic nitrogens is 3. The smallest absolute Gasteiger partial charge is 0.152 e. The molecule has 1 unspecified atom stereocenters. The Labute approximate surface area is 107 Å². The summed E-state index contributed by atoms with van der Waals surface area (Å²) in [5.74, 6) is 0.927. The molecule has 3 heterocycles. The lowest BCUT2D eigenvalue weighted by molar-refractivity contribution is 0.574. The molecule has 0 saturated carbocycles. The lowest BCUT2D eigenvalue weighted by Gasteiger charge is -2.11. The molecule has 2 aromatic heterocycles. The average molecular weight is 245 g/mol. The highest BCUT2D eigenvalue weighted by Gasteiger charge is 2.13. The van der Waals surface area contributed by atoms with E-state index in [1.807, 2.05) is 17.6 Å². The fraction of sp³-hybridized carbons (Fsp3) is 0.538. The van der Waals surface area contributed by atoms with Crippen LogP contribution in [-0.2, 0) is 0 Å². The van der Waals surface area contributed by atoms with Crippen LogP contribution in [0, 0.1) is 6.92 Å². The lowest BCUT2D eigenvalue weighted by Crippen LogP contribution is -2.24. The molecule has 96 valence electrons. The molecule has 1 fully saturated rings. The van der Waals surface area contributed by atoms with Crippen molar-refractivity contribution in [3.8, 4) is 0 Å². The summed E-state index contributed by atoms with van der Waals surface area (Å²) >= 11 is 0. The van der Waals surface area contributed by atoms with Gasteiger partial charge in [0.2, 0.25) is 0 Å². The normalized spacial score (nSPS) is 19.5. The second-order valence-corrected chi connectivity index (χ2v) is 4.90. The van der Waals surface area contributed by atoms with Crippen LogP contribution in [0.4, 0.5) is 5.82 Å². The van der Waals surface area contributed by atoms with E-state index in [1.54, 1.807) is 6.20 Å². The van der Waals surface area contributed by atoms with Gasteiger partial charge in [0.1, 0.15) is 5.52 Å². The van der Waals surface area contributed by atoms with Crippen LogP contribution in [0.3, 0.4) is 0 Å². The molecule has 0 aromatic carbocycles. The highest BCUT2D eigenvalue weighted by Crippen LogP contribution is 2.15. The monoisotopic (exact) mass is 245 g/mol. The molecular formula is C13H19N5. The maximum absolute atomic E-state index is 4.39. The van der Waals surface area contributed by atoms with Crippen molar-refractivity contribution in [2.45, 2.75) is 32.2 Å². The summed E-state index contributed by atoms with van der Waals surface area (Å²) < 4.78 is 1.87. The van der Waals surface area contributed by atoms with E-state index in [0.717, 1.165) is 30.0 Å². The van der Waals surface area contributed by atoms with Crippen molar-refractivity contribution < 1.29 is 0 Å². The summed E-state index contributed by atoms with van der Waals surface area (Å²) in [5, 5.41) is 11.3. The van der Waals surface area contributed by atoms with Gasteiger partial charge in [0.25, 0.3) is 0 Å². The maximum atomic E-state index is 4.39. The molecule has 0 aliphatic carbocycles. The summed E-state index contributed by atoms with van der Waals surface area (Å²) in [6.07, 6.45) is 7.42. The summed E-state index contributed by atoms with van der Waals surface area (Å²) in [7, 11) is 0. The number of hydrogen-bond donors (Lipinski definition) is 2. The summed E-state index contributed by atoms with van der Waals surface area (Å²) in [5.41, 5.74) is 2.07. The number of hydrogen-bond acceptors (Lipinski definition) is 4. The molecule has 18 heavy (non-hydrogen) atoms. The van der Waals surface area contributed by atoms with Crippen LogP contribution in [0.5, 0.6) is 0 Å². The first-order valence-corrected chi connectivity index (χ1v) is 6.61. The van der Waals surface area contributed by atoms with Crippen LogP contribution in [0.15, 0.2) is 18.5 Å². The van der Waals surface area contributed by atoms with Crippen LogP contribution in [0.2, 0.25) is 0 Å². The van der Waals surface area contributed by atoms with E-state index in [9.17, 15) is 0 Å². The Hall–Kier alpha value is -1.62. The molecule has 1 aliphatic heterocycles. The Kier molecular flexibility index (Phi) is 3.15. The predicted octanol–water partition coefficient (Wildman–Crippen LogP) is 1.59. The molecule has 2 aromatic rings. The molecule has 0 radical (unpaired) electrons. The Morgan fingerprint density at radius 3 is 3.33 bits per heavy atom. The zero-order chi connectivity index (χ0) is 12.4. The quantitative estimate of drug-likeness (QED) is 0.859. The molecule has 1 atom stereocenters. The zero-order valence-electron chi connectivity index (χ0n) is 10.7. The lowest BCUT2D eigenvalue weighted by atomic mass is 10.1. The fourth-order valence-electron chi connectivity index (χ4n) is 2.55. The maximum Gasteiger partial charge on any atom is 0.152 e. The van der Waals surface area contributed by atoms with Gasteiger partial charge in [-0.3, -0.25) is 0 Å². The molecule has 5 nitrogen and oxygen atoms in total. The van der Waals surface area contributed by atoms with Crippen LogP contribution in [0.1, 0.15) is 25.0 Å². The number of rotatable bonds is 4. The van der Waals surface area contributed by atoms with Crippen molar-refractivity contribution in [3.63, 3.8) is 0 Å². The fourth-order valence-corrected chi connectivity index (χ4v) is 2.55. The van der Waals surface area contributed by atoms with E-state index in [-0.39, 0.29) is 0 Å². The topological polar surface area (TPSA) is 54.2 Å². The van der Waals surface area contributed by atoms with Gasteiger partial charge in [-0.1, -0.05) is 0 Å². The number of aryl methyl sites for hydroxylation is 1. The van der Waals surface area contributed by atoms with Gasteiger partial charge in [0.05, 0.1) is 5.69 Å². The molecule has 2 N–H and O–H groups in total. The van der Waals surface area contributed by atoms with E-state index in [2.05, 4.69) is 26.8 Å². The minimum absolute atomic E-state index is 0.670. The van der Waals surface area contributed by atoms with Crippen LogP contribution < -0.4 is 10.6 Å². The van der Waals surface area contributed by atoms with E-state index in [4.69, 9.17) is 0 Å². The van der Waals surface area contributed by atoms with Crippen LogP contribution >= 0.6 is 0 Å². The van der Waals surface area contributed by atoms with Gasteiger partial charge < -0.3 is 10.6 Å². The molecular weight excluding hydrogens is 226 g/mol. The number of nitrogens with zero attached hydrogens (tertiary/aromatic N) is 3. The third-order valence-electron chi connectivity index (χ3n) is 3.46. The Balaban J connectivity index is 1.66. The molecule has 3 rings (SSSR count). The van der Waals surface area contributed by atoms with E-state index in [1.165, 1.54) is 19.4 Å². The van der Waals surface area contributed by atoms with Gasteiger partial charge in [-0.2, -0.15) is 5.10 Å².